The van der Waals surface area contributed by atoms with Crippen molar-refractivity contribution in [3.05, 3.63) is 98.8 Å². The van der Waals surface area contributed by atoms with Gasteiger partial charge in [-0.25, -0.2) is 4.98 Å². The van der Waals surface area contributed by atoms with E-state index in [1.165, 1.54) is 19.2 Å². The van der Waals surface area contributed by atoms with Gasteiger partial charge in [0, 0.05) is 39.9 Å². The lowest BCUT2D eigenvalue weighted by Crippen LogP contribution is -2.06. The number of pyridine rings is 2. The van der Waals surface area contributed by atoms with E-state index in [-0.39, 0.29) is 18.1 Å². The van der Waals surface area contributed by atoms with Gasteiger partial charge in [0.05, 0.1) is 23.2 Å². The number of benzene rings is 2. The quantitative estimate of drug-likeness (QED) is 0.294. The van der Waals surface area contributed by atoms with Crippen molar-refractivity contribution in [2.45, 2.75) is 26.4 Å². The third-order valence-electron chi connectivity index (χ3n) is 5.57. The zero-order valence-electron chi connectivity index (χ0n) is 18.6. The summed E-state index contributed by atoms with van der Waals surface area (Å²) in [6.07, 6.45) is -4.20. The van der Waals surface area contributed by atoms with Gasteiger partial charge in [-0.1, -0.05) is 23.7 Å². The first-order chi connectivity index (χ1) is 16.1. The van der Waals surface area contributed by atoms with Crippen molar-refractivity contribution in [3.8, 4) is 5.88 Å². The second-order valence-electron chi connectivity index (χ2n) is 7.93. The number of ether oxygens (including phenoxy) is 1. The number of fused-ring (bicyclic) bond motifs is 1. The number of aromatic nitrogens is 2. The lowest BCUT2D eigenvalue weighted by Gasteiger charge is -2.14. The fourth-order valence-electron chi connectivity index (χ4n) is 3.80. The minimum atomic E-state index is -4.41. The highest BCUT2D eigenvalue weighted by atomic mass is 35.5. The average molecular weight is 485 g/mol. The van der Waals surface area contributed by atoms with Crippen molar-refractivity contribution < 1.29 is 22.7 Å². The minimum Gasteiger partial charge on any atom is -0.481 e. The Labute approximate surface area is 199 Å². The monoisotopic (exact) mass is 484 g/mol. The second-order valence-corrected chi connectivity index (χ2v) is 8.31. The van der Waals surface area contributed by atoms with Crippen LogP contribution in [-0.4, -0.2) is 22.9 Å². The summed E-state index contributed by atoms with van der Waals surface area (Å²) in [4.78, 5) is 22.0. The van der Waals surface area contributed by atoms with Crippen LogP contribution in [0.4, 0.5) is 13.2 Å². The molecule has 0 aliphatic carbocycles. The Hall–Kier alpha value is -3.45. The third kappa shape index (κ3) is 4.61. The first kappa shape index (κ1) is 23.7. The summed E-state index contributed by atoms with van der Waals surface area (Å²) in [6.45, 7) is 3.64. The molecule has 0 saturated carbocycles. The molecule has 0 atom stereocenters. The molecule has 0 radical (unpaired) electrons. The number of methoxy groups -OCH3 is 1. The van der Waals surface area contributed by atoms with Crippen LogP contribution >= 0.6 is 11.6 Å². The lowest BCUT2D eigenvalue weighted by molar-refractivity contribution is -0.137. The Morgan fingerprint density at radius 3 is 2.32 bits per heavy atom. The van der Waals surface area contributed by atoms with Crippen LogP contribution in [0.25, 0.3) is 10.9 Å². The van der Waals surface area contributed by atoms with Gasteiger partial charge >= 0.3 is 6.18 Å². The van der Waals surface area contributed by atoms with E-state index in [0.29, 0.717) is 43.9 Å². The number of hydrogen-bond donors (Lipinski definition) is 0. The van der Waals surface area contributed by atoms with E-state index in [4.69, 9.17) is 16.3 Å². The molecule has 0 fully saturated rings. The number of alkyl halides is 3. The predicted molar refractivity (Wildman–Crippen MR) is 125 cm³/mol. The number of carbonyl (C=O) groups is 1. The van der Waals surface area contributed by atoms with Gasteiger partial charge in [0.1, 0.15) is 0 Å². The summed E-state index contributed by atoms with van der Waals surface area (Å²) < 4.78 is 44.1. The molecule has 0 N–H and O–H groups in total. The number of rotatable bonds is 5. The Bertz CT molecular complexity index is 1400. The SMILES string of the molecule is COc1nc2ccc(C(=O)c3ccc(C)nc3C)cc2c(Cl)c1Cc1ccc(C(F)(F)F)cc1. The maximum atomic E-state index is 13.1. The topological polar surface area (TPSA) is 52.1 Å². The van der Waals surface area contributed by atoms with Crippen molar-refractivity contribution in [3.63, 3.8) is 0 Å². The molecular formula is C26H20ClF3N2O2. The molecule has 4 rings (SSSR count). The van der Waals surface area contributed by atoms with Crippen LogP contribution in [0.5, 0.6) is 5.88 Å². The van der Waals surface area contributed by atoms with Crippen LogP contribution in [0.3, 0.4) is 0 Å². The number of aryl methyl sites for hydroxylation is 2. The Morgan fingerprint density at radius 1 is 1.00 bits per heavy atom. The van der Waals surface area contributed by atoms with Gasteiger partial charge < -0.3 is 4.74 Å². The summed E-state index contributed by atoms with van der Waals surface area (Å²) in [5, 5.41) is 0.878. The van der Waals surface area contributed by atoms with Crippen LogP contribution in [0.2, 0.25) is 5.02 Å². The zero-order chi connectivity index (χ0) is 24.6. The van der Waals surface area contributed by atoms with E-state index in [9.17, 15) is 18.0 Å². The Kier molecular flexibility index (Phi) is 6.32. The van der Waals surface area contributed by atoms with Crippen LogP contribution in [0.15, 0.2) is 54.6 Å². The predicted octanol–water partition coefficient (Wildman–Crippen LogP) is 6.75. The molecule has 4 aromatic rings. The number of nitrogens with zero attached hydrogens (tertiary/aromatic N) is 2. The molecule has 0 aliphatic rings. The maximum absolute atomic E-state index is 13.1. The average Bonchev–Trinajstić information content (AvgIpc) is 2.80. The molecule has 2 heterocycles. The van der Waals surface area contributed by atoms with Crippen LogP contribution in [0.1, 0.15) is 44.0 Å². The molecule has 174 valence electrons. The van der Waals surface area contributed by atoms with Gasteiger partial charge in [0.25, 0.3) is 0 Å². The fraction of sp³-hybridized carbons (Fsp3) is 0.192. The van der Waals surface area contributed by atoms with E-state index in [0.717, 1.165) is 17.8 Å². The van der Waals surface area contributed by atoms with E-state index in [1.54, 1.807) is 37.3 Å². The largest absolute Gasteiger partial charge is 0.481 e. The summed E-state index contributed by atoms with van der Waals surface area (Å²) in [7, 11) is 1.45. The maximum Gasteiger partial charge on any atom is 0.416 e. The van der Waals surface area contributed by atoms with Gasteiger partial charge in [0.2, 0.25) is 5.88 Å². The summed E-state index contributed by atoms with van der Waals surface area (Å²) in [5.74, 6) is 0.0816. The molecule has 4 nitrogen and oxygen atoms in total. The molecule has 0 bridgehead atoms. The summed E-state index contributed by atoms with van der Waals surface area (Å²) in [6, 6.07) is 13.4. The second kappa shape index (κ2) is 9.06. The molecule has 34 heavy (non-hydrogen) atoms. The number of ketones is 1. The molecule has 0 unspecified atom stereocenters. The molecule has 0 amide bonds. The van der Waals surface area contributed by atoms with E-state index < -0.39 is 11.7 Å². The van der Waals surface area contributed by atoms with E-state index in [2.05, 4.69) is 9.97 Å². The Balaban J connectivity index is 1.75. The number of halogens is 4. The summed E-state index contributed by atoms with van der Waals surface area (Å²) >= 11 is 6.73. The van der Waals surface area contributed by atoms with Gasteiger partial charge in [-0.05, 0) is 61.9 Å². The highest BCUT2D eigenvalue weighted by Gasteiger charge is 2.30. The van der Waals surface area contributed by atoms with Crippen LogP contribution in [-0.2, 0) is 12.6 Å². The van der Waals surface area contributed by atoms with Gasteiger partial charge in [-0.15, -0.1) is 0 Å². The molecule has 2 aromatic heterocycles. The molecular weight excluding hydrogens is 465 g/mol. The molecule has 0 spiro atoms. The first-order valence-electron chi connectivity index (χ1n) is 10.4. The van der Waals surface area contributed by atoms with Crippen molar-refractivity contribution >= 4 is 28.3 Å². The highest BCUT2D eigenvalue weighted by molar-refractivity contribution is 6.36. The van der Waals surface area contributed by atoms with Crippen LogP contribution in [0, 0.1) is 13.8 Å². The number of hydrogen-bond acceptors (Lipinski definition) is 4. The van der Waals surface area contributed by atoms with Crippen LogP contribution < -0.4 is 4.74 Å². The van der Waals surface area contributed by atoms with Crippen molar-refractivity contribution in [1.82, 2.24) is 9.97 Å². The summed E-state index contributed by atoms with van der Waals surface area (Å²) in [5.41, 5.74) is 3.32. The first-order valence-corrected chi connectivity index (χ1v) is 10.8. The van der Waals surface area contributed by atoms with Crippen molar-refractivity contribution in [2.75, 3.05) is 7.11 Å². The minimum absolute atomic E-state index is 0.192. The van der Waals surface area contributed by atoms with Gasteiger partial charge in [0.15, 0.2) is 5.78 Å². The van der Waals surface area contributed by atoms with E-state index >= 15 is 0 Å². The zero-order valence-corrected chi connectivity index (χ0v) is 19.4. The molecule has 2 aromatic carbocycles. The van der Waals surface area contributed by atoms with Gasteiger partial charge in [-0.2, -0.15) is 13.2 Å². The normalized spacial score (nSPS) is 11.6. The molecule has 0 saturated heterocycles. The van der Waals surface area contributed by atoms with Crippen molar-refractivity contribution in [1.29, 1.82) is 0 Å². The number of carbonyl (C=O) groups excluding carboxylic acids is 1. The highest BCUT2D eigenvalue weighted by Crippen LogP contribution is 2.35. The smallest absolute Gasteiger partial charge is 0.416 e. The van der Waals surface area contributed by atoms with Crippen molar-refractivity contribution in [2.24, 2.45) is 0 Å². The molecule has 0 aliphatic heterocycles. The Morgan fingerprint density at radius 2 is 1.71 bits per heavy atom. The third-order valence-corrected chi connectivity index (χ3v) is 6.00. The fourth-order valence-corrected chi connectivity index (χ4v) is 4.10. The van der Waals surface area contributed by atoms with E-state index in [1.807, 2.05) is 6.92 Å². The molecule has 8 heteroatoms. The van der Waals surface area contributed by atoms with Gasteiger partial charge in [-0.3, -0.25) is 9.78 Å². The standard InChI is InChI=1S/C26H20ClF3N2O2/c1-14-4-10-19(15(2)31-14)24(33)17-7-11-22-20(13-17)23(27)21(25(32-22)34-3)12-16-5-8-18(9-6-16)26(28,29)30/h4-11,13H,12H2,1-3H3. The lowest BCUT2D eigenvalue weighted by atomic mass is 9.98.